The van der Waals surface area contributed by atoms with Gasteiger partial charge in [0.15, 0.2) is 0 Å². The Bertz CT molecular complexity index is 1040. The number of likely N-dealkylation sites (tertiary alicyclic amines) is 2. The minimum atomic E-state index is -3.91. The first-order valence-corrected chi connectivity index (χ1v) is 13.5. The third-order valence-electron chi connectivity index (χ3n) is 7.10. The van der Waals surface area contributed by atoms with E-state index in [1.807, 2.05) is 20.8 Å². The number of carbonyl (C=O) groups excluding carboxylic acids is 2. The molecule has 0 saturated carbocycles. The van der Waals surface area contributed by atoms with Crippen molar-refractivity contribution in [2.75, 3.05) is 19.6 Å². The zero-order valence-electron chi connectivity index (χ0n) is 20.4. The number of aliphatic hydroxyl groups is 1. The fourth-order valence-electron chi connectivity index (χ4n) is 4.67. The molecule has 0 radical (unpaired) electrons. The second kappa shape index (κ2) is 11.0. The molecular weight excluding hydrogens is 474 g/mol. The molecule has 11 heteroatoms. The summed E-state index contributed by atoms with van der Waals surface area (Å²) in [6.45, 7) is 6.09. The van der Waals surface area contributed by atoms with E-state index in [0.29, 0.717) is 19.3 Å². The second-order valence-corrected chi connectivity index (χ2v) is 11.3. The number of sulfonamides is 1. The first-order chi connectivity index (χ1) is 16.4. The maximum absolute atomic E-state index is 13.4. The summed E-state index contributed by atoms with van der Waals surface area (Å²) < 4.78 is 28.5. The number of β-amino-alcohol motifs (C(OH)–C–C–N with tert-alkyl or cyclic N) is 1. The second-order valence-electron chi connectivity index (χ2n) is 9.63. The van der Waals surface area contributed by atoms with Crippen LogP contribution in [0.15, 0.2) is 29.2 Å². The Balaban J connectivity index is 1.67. The summed E-state index contributed by atoms with van der Waals surface area (Å²) in [7, 11) is -3.91. The van der Waals surface area contributed by atoms with E-state index in [9.17, 15) is 33.0 Å². The number of nitrogens with zero attached hydrogens (tertiary/aromatic N) is 2. The van der Waals surface area contributed by atoms with E-state index in [-0.39, 0.29) is 48.7 Å². The molecule has 0 spiro atoms. The van der Waals surface area contributed by atoms with E-state index < -0.39 is 40.1 Å². The monoisotopic (exact) mass is 509 g/mol. The third-order valence-corrected chi connectivity index (χ3v) is 8.55. The van der Waals surface area contributed by atoms with Gasteiger partial charge in [0.25, 0.3) is 0 Å². The molecule has 2 aliphatic heterocycles. The number of aliphatic hydroxyl groups excluding tert-OH is 1. The minimum absolute atomic E-state index is 0.00811. The molecule has 1 aromatic carbocycles. The number of amides is 2. The Labute approximate surface area is 206 Å². The van der Waals surface area contributed by atoms with Gasteiger partial charge in [0.1, 0.15) is 12.1 Å². The molecule has 194 valence electrons. The molecule has 35 heavy (non-hydrogen) atoms. The number of rotatable bonds is 8. The summed E-state index contributed by atoms with van der Waals surface area (Å²) in [5.41, 5.74) is 0.925. The van der Waals surface area contributed by atoms with Crippen LogP contribution in [0.2, 0.25) is 0 Å². The van der Waals surface area contributed by atoms with Gasteiger partial charge in [0, 0.05) is 32.0 Å². The van der Waals surface area contributed by atoms with Crippen molar-refractivity contribution in [3.63, 3.8) is 0 Å². The van der Waals surface area contributed by atoms with Crippen LogP contribution in [-0.4, -0.2) is 84.0 Å². The molecule has 0 unspecified atom stereocenters. The van der Waals surface area contributed by atoms with Gasteiger partial charge >= 0.3 is 5.97 Å². The lowest BCUT2D eigenvalue weighted by molar-refractivity contribution is -0.151. The lowest BCUT2D eigenvalue weighted by Gasteiger charge is -2.36. The van der Waals surface area contributed by atoms with Gasteiger partial charge in [-0.15, -0.1) is 0 Å². The highest BCUT2D eigenvalue weighted by molar-refractivity contribution is 7.89. The van der Waals surface area contributed by atoms with Crippen molar-refractivity contribution in [3.05, 3.63) is 29.8 Å². The van der Waals surface area contributed by atoms with E-state index in [4.69, 9.17) is 0 Å². The van der Waals surface area contributed by atoms with Crippen molar-refractivity contribution in [1.29, 1.82) is 0 Å². The van der Waals surface area contributed by atoms with Crippen molar-refractivity contribution >= 4 is 27.8 Å². The van der Waals surface area contributed by atoms with Gasteiger partial charge < -0.3 is 20.0 Å². The van der Waals surface area contributed by atoms with Gasteiger partial charge in [-0.25, -0.2) is 13.2 Å². The van der Waals surface area contributed by atoms with Crippen molar-refractivity contribution in [2.24, 2.45) is 11.8 Å². The van der Waals surface area contributed by atoms with Gasteiger partial charge in [0.2, 0.25) is 21.8 Å². The standard InChI is InChI=1S/C24H35N3O7S/c1-4-16(3)21(25-35(33,34)19-7-5-15(2)6-8-19)23(30)26-11-9-17(10-12-26)22(29)27-14-18(28)13-20(27)24(31)32/h5-8,16-18,20-21,25,28H,4,9-14H2,1-3H3,(H,31,32)/t16-,18-,20+,21+/m1/s1. The Morgan fingerprint density at radius 1 is 1.14 bits per heavy atom. The van der Waals surface area contributed by atoms with E-state index in [0.717, 1.165) is 5.56 Å². The van der Waals surface area contributed by atoms with Gasteiger partial charge in [-0.3, -0.25) is 9.59 Å². The van der Waals surface area contributed by atoms with Crippen molar-refractivity contribution < 1.29 is 33.0 Å². The molecule has 4 atom stereocenters. The molecule has 0 aliphatic carbocycles. The number of hydrogen-bond donors (Lipinski definition) is 3. The minimum Gasteiger partial charge on any atom is -0.480 e. The smallest absolute Gasteiger partial charge is 0.326 e. The molecular formula is C24H35N3O7S. The van der Waals surface area contributed by atoms with Crippen LogP contribution >= 0.6 is 0 Å². The molecule has 1 aromatic rings. The highest BCUT2D eigenvalue weighted by Gasteiger charge is 2.42. The van der Waals surface area contributed by atoms with Crippen LogP contribution in [0, 0.1) is 18.8 Å². The van der Waals surface area contributed by atoms with Crippen molar-refractivity contribution in [3.8, 4) is 0 Å². The fourth-order valence-corrected chi connectivity index (χ4v) is 5.97. The van der Waals surface area contributed by atoms with E-state index in [1.165, 1.54) is 17.0 Å². The summed E-state index contributed by atoms with van der Waals surface area (Å²) >= 11 is 0. The highest BCUT2D eigenvalue weighted by Crippen LogP contribution is 2.27. The Kier molecular flexibility index (Phi) is 8.55. The molecule has 0 aromatic heterocycles. The maximum atomic E-state index is 13.4. The van der Waals surface area contributed by atoms with Crippen LogP contribution in [0.5, 0.6) is 0 Å². The first-order valence-electron chi connectivity index (χ1n) is 12.0. The maximum Gasteiger partial charge on any atom is 0.326 e. The number of carboxylic acid groups (broad SMARTS) is 1. The molecule has 3 rings (SSSR count). The van der Waals surface area contributed by atoms with Crippen LogP contribution in [0.1, 0.15) is 45.1 Å². The normalized spacial score (nSPS) is 23.2. The zero-order chi connectivity index (χ0) is 25.9. The SMILES string of the molecule is CC[C@@H](C)[C@H](NS(=O)(=O)c1ccc(C)cc1)C(=O)N1CCC(C(=O)N2C[C@H](O)C[C@H]2C(=O)O)CC1. The lowest BCUT2D eigenvalue weighted by atomic mass is 9.93. The number of carboxylic acids is 1. The van der Waals surface area contributed by atoms with Gasteiger partial charge in [-0.1, -0.05) is 38.0 Å². The van der Waals surface area contributed by atoms with Crippen LogP contribution in [0.3, 0.4) is 0 Å². The first kappa shape index (κ1) is 27.1. The largest absolute Gasteiger partial charge is 0.480 e. The summed E-state index contributed by atoms with van der Waals surface area (Å²) in [6.07, 6.45) is 0.439. The Morgan fingerprint density at radius 2 is 1.74 bits per heavy atom. The van der Waals surface area contributed by atoms with Crippen molar-refractivity contribution in [1.82, 2.24) is 14.5 Å². The summed E-state index contributed by atoms with van der Waals surface area (Å²) in [4.78, 5) is 40.7. The van der Waals surface area contributed by atoms with Crippen molar-refractivity contribution in [2.45, 2.75) is 69.5 Å². The van der Waals surface area contributed by atoms with Gasteiger partial charge in [-0.2, -0.15) is 4.72 Å². The van der Waals surface area contributed by atoms with Crippen LogP contribution in [0.4, 0.5) is 0 Å². The summed E-state index contributed by atoms with van der Waals surface area (Å²) in [6, 6.07) is 4.43. The predicted molar refractivity (Wildman–Crippen MR) is 128 cm³/mol. The van der Waals surface area contributed by atoms with Crippen LogP contribution in [-0.2, 0) is 24.4 Å². The number of hydrogen-bond acceptors (Lipinski definition) is 6. The predicted octanol–water partition coefficient (Wildman–Crippen LogP) is 0.973. The lowest BCUT2D eigenvalue weighted by Crippen LogP contribution is -2.54. The van der Waals surface area contributed by atoms with Gasteiger partial charge in [0.05, 0.1) is 11.0 Å². The number of piperidine rings is 1. The topological polar surface area (TPSA) is 144 Å². The number of aliphatic carboxylic acids is 1. The average molecular weight is 510 g/mol. The Hall–Kier alpha value is -2.50. The molecule has 2 saturated heterocycles. The Morgan fingerprint density at radius 3 is 2.29 bits per heavy atom. The number of nitrogens with one attached hydrogen (secondary N) is 1. The molecule has 10 nitrogen and oxygen atoms in total. The summed E-state index contributed by atoms with van der Waals surface area (Å²) in [5, 5.41) is 19.2. The number of carbonyl (C=O) groups is 3. The fraction of sp³-hybridized carbons (Fsp3) is 0.625. The zero-order valence-corrected chi connectivity index (χ0v) is 21.2. The number of aryl methyl sites for hydroxylation is 1. The van der Waals surface area contributed by atoms with Gasteiger partial charge in [-0.05, 0) is 37.8 Å². The average Bonchev–Trinajstić information content (AvgIpc) is 3.23. The van der Waals surface area contributed by atoms with Crippen LogP contribution < -0.4 is 4.72 Å². The number of benzene rings is 1. The molecule has 2 aliphatic rings. The molecule has 2 fully saturated rings. The van der Waals surface area contributed by atoms with Crippen LogP contribution in [0.25, 0.3) is 0 Å². The molecule has 2 amide bonds. The molecule has 0 bridgehead atoms. The molecule has 2 heterocycles. The quantitative estimate of drug-likeness (QED) is 0.474. The van der Waals surface area contributed by atoms with E-state index in [2.05, 4.69) is 4.72 Å². The highest BCUT2D eigenvalue weighted by atomic mass is 32.2. The van der Waals surface area contributed by atoms with E-state index >= 15 is 0 Å². The van der Waals surface area contributed by atoms with E-state index in [1.54, 1.807) is 17.0 Å². The third kappa shape index (κ3) is 6.20. The molecule has 3 N–H and O–H groups in total. The summed E-state index contributed by atoms with van der Waals surface area (Å²) in [5.74, 6) is -2.48.